The number of rotatable bonds is 11. The van der Waals surface area contributed by atoms with E-state index in [0.717, 1.165) is 47.5 Å². The Balaban J connectivity index is 1.09. The smallest absolute Gasteiger partial charge is 0.264 e. The first-order valence-electron chi connectivity index (χ1n) is 18.1. The van der Waals surface area contributed by atoms with Crippen LogP contribution in [0.3, 0.4) is 0 Å². The van der Waals surface area contributed by atoms with E-state index in [1.54, 1.807) is 9.58 Å². The van der Waals surface area contributed by atoms with Crippen LogP contribution in [0.2, 0.25) is 18.6 Å². The van der Waals surface area contributed by atoms with E-state index in [0.29, 0.717) is 31.7 Å². The van der Waals surface area contributed by atoms with E-state index in [-0.39, 0.29) is 47.8 Å². The van der Waals surface area contributed by atoms with Gasteiger partial charge >= 0.3 is 0 Å². The Kier molecular flexibility index (Phi) is 9.96. The highest BCUT2D eigenvalue weighted by molar-refractivity contribution is 6.71. The quantitative estimate of drug-likeness (QED) is 0.163. The SMILES string of the molecule is C[C@@H]1[C@@H]([Si](C)(C)O)[C@H](CCn2cc(C(CO)c3ccccc3)nn2)O[C@@]12C(=O)N(Cc1ccc(NC(=O)C3CCCNC3)cc1)c1ccccc12. The molecule has 0 bridgehead atoms. The molecule has 2 unspecified atom stereocenters. The topological polar surface area (TPSA) is 142 Å². The first-order chi connectivity index (χ1) is 24.6. The van der Waals surface area contributed by atoms with Gasteiger partial charge in [0.1, 0.15) is 0 Å². The molecule has 4 N–H and O–H groups in total. The van der Waals surface area contributed by atoms with Gasteiger partial charge in [-0.05, 0) is 68.2 Å². The number of nitrogens with zero attached hydrogens (tertiary/aromatic N) is 4. The molecule has 2 saturated heterocycles. The van der Waals surface area contributed by atoms with Crippen LogP contribution in [-0.2, 0) is 33.0 Å². The monoisotopic (exact) mass is 708 g/mol. The number of carbonyl (C=O) groups is 2. The minimum Gasteiger partial charge on any atom is -0.432 e. The highest BCUT2D eigenvalue weighted by Crippen LogP contribution is 2.59. The predicted octanol–water partition coefficient (Wildman–Crippen LogP) is 4.78. The second kappa shape index (κ2) is 14.4. The molecule has 7 rings (SSSR count). The molecular formula is C39H48N6O5Si. The highest BCUT2D eigenvalue weighted by Gasteiger charge is 2.66. The van der Waals surface area contributed by atoms with E-state index in [9.17, 15) is 19.5 Å². The van der Waals surface area contributed by atoms with Crippen molar-refractivity contribution >= 4 is 31.5 Å². The maximum absolute atomic E-state index is 14.7. The lowest BCUT2D eigenvalue weighted by Gasteiger charge is -2.32. The summed E-state index contributed by atoms with van der Waals surface area (Å²) in [5.41, 5.74) is 3.51. The van der Waals surface area contributed by atoms with Gasteiger partial charge in [-0.25, -0.2) is 0 Å². The van der Waals surface area contributed by atoms with E-state index in [1.807, 2.05) is 105 Å². The number of benzene rings is 3. The molecule has 1 aromatic heterocycles. The number of aliphatic hydroxyl groups excluding tert-OH is 1. The Morgan fingerprint density at radius 2 is 1.84 bits per heavy atom. The molecule has 0 radical (unpaired) electrons. The van der Waals surface area contributed by atoms with E-state index in [4.69, 9.17) is 4.74 Å². The Labute approximate surface area is 300 Å². The molecule has 0 aliphatic carbocycles. The summed E-state index contributed by atoms with van der Waals surface area (Å²) in [5.74, 6) is -0.690. The van der Waals surface area contributed by atoms with Gasteiger partial charge in [-0.2, -0.15) is 0 Å². The van der Waals surface area contributed by atoms with E-state index in [1.165, 1.54) is 0 Å². The van der Waals surface area contributed by atoms with Crippen molar-refractivity contribution in [3.8, 4) is 0 Å². The van der Waals surface area contributed by atoms with Crippen molar-refractivity contribution in [3.63, 3.8) is 0 Å². The largest absolute Gasteiger partial charge is 0.432 e. The first kappa shape index (κ1) is 35.2. The van der Waals surface area contributed by atoms with Crippen LogP contribution in [0.5, 0.6) is 0 Å². The van der Waals surface area contributed by atoms with Gasteiger partial charge in [0.15, 0.2) is 13.9 Å². The molecule has 11 nitrogen and oxygen atoms in total. The zero-order valence-electron chi connectivity index (χ0n) is 29.5. The normalized spacial score (nSPS) is 25.3. The van der Waals surface area contributed by atoms with Crippen molar-refractivity contribution in [1.82, 2.24) is 20.3 Å². The van der Waals surface area contributed by atoms with Crippen LogP contribution in [0.25, 0.3) is 0 Å². The van der Waals surface area contributed by atoms with Crippen molar-refractivity contribution in [2.45, 2.75) is 75.5 Å². The van der Waals surface area contributed by atoms with Crippen molar-refractivity contribution in [1.29, 1.82) is 0 Å². The summed E-state index contributed by atoms with van der Waals surface area (Å²) in [6, 6.07) is 25.3. The zero-order chi connectivity index (χ0) is 35.8. The minimum absolute atomic E-state index is 0.0261. The number of carbonyl (C=O) groups excluding carboxylic acids is 2. The molecule has 3 aliphatic heterocycles. The fraction of sp³-hybridized carbons (Fsp3) is 0.436. The lowest BCUT2D eigenvalue weighted by atomic mass is 9.82. The molecule has 3 aromatic carbocycles. The lowest BCUT2D eigenvalue weighted by molar-refractivity contribution is -0.146. The summed E-state index contributed by atoms with van der Waals surface area (Å²) in [6.45, 7) is 8.29. The van der Waals surface area contributed by atoms with Crippen LogP contribution in [0.4, 0.5) is 11.4 Å². The third kappa shape index (κ3) is 6.78. The molecule has 4 heterocycles. The number of amides is 2. The van der Waals surface area contributed by atoms with Gasteiger partial charge in [-0.1, -0.05) is 72.8 Å². The molecular weight excluding hydrogens is 661 g/mol. The fourth-order valence-electron chi connectivity index (χ4n) is 8.55. The number of piperidine rings is 1. The van der Waals surface area contributed by atoms with Gasteiger partial charge in [-0.3, -0.25) is 14.3 Å². The number of aryl methyl sites for hydroxylation is 1. The standard InChI is InChI=1S/C39H48N6O5Si/c1-26-36(51(2,3)49)35(19-21-44-24-33(42-43-44)31(25-46)28-10-5-4-6-11-28)50-39(26)32-13-7-8-14-34(32)45(38(39)48)23-27-15-17-30(18-16-27)41-37(47)29-12-9-20-40-22-29/h4-8,10-11,13-18,24,26,29,31,35-36,40,46,49H,9,12,19-23,25H2,1-3H3,(H,41,47)/t26-,29?,31?,35+,36-,39+/m1/s1. The molecule has 3 aliphatic rings. The van der Waals surface area contributed by atoms with Crippen LogP contribution >= 0.6 is 0 Å². The first-order valence-corrected chi connectivity index (χ1v) is 21.1. The lowest BCUT2D eigenvalue weighted by Crippen LogP contribution is -2.46. The zero-order valence-corrected chi connectivity index (χ0v) is 30.5. The average molecular weight is 709 g/mol. The summed E-state index contributed by atoms with van der Waals surface area (Å²) in [7, 11) is -2.84. The number of aromatic nitrogens is 3. The Hall–Kier alpha value is -4.20. The Morgan fingerprint density at radius 3 is 2.55 bits per heavy atom. The minimum atomic E-state index is -2.84. The second-order valence-corrected chi connectivity index (χ2v) is 18.8. The average Bonchev–Trinajstić information content (AvgIpc) is 3.79. The maximum Gasteiger partial charge on any atom is 0.264 e. The number of hydrogen-bond acceptors (Lipinski definition) is 8. The van der Waals surface area contributed by atoms with Gasteiger partial charge in [0.05, 0.1) is 42.5 Å². The molecule has 2 fully saturated rings. The predicted molar refractivity (Wildman–Crippen MR) is 197 cm³/mol. The number of ether oxygens (including phenoxy) is 1. The number of anilines is 2. The van der Waals surface area contributed by atoms with E-state index in [2.05, 4.69) is 20.9 Å². The number of para-hydroxylation sites is 1. The molecule has 51 heavy (non-hydrogen) atoms. The Bertz CT molecular complexity index is 1840. The summed E-state index contributed by atoms with van der Waals surface area (Å²) in [4.78, 5) is 41.0. The molecule has 268 valence electrons. The van der Waals surface area contributed by atoms with E-state index < -0.39 is 13.9 Å². The van der Waals surface area contributed by atoms with Crippen LogP contribution in [0.15, 0.2) is 85.1 Å². The highest BCUT2D eigenvalue weighted by atomic mass is 28.4. The number of fused-ring (bicyclic) bond motifs is 2. The third-order valence-electron chi connectivity index (χ3n) is 11.1. The van der Waals surface area contributed by atoms with Crippen LogP contribution in [0.1, 0.15) is 54.5 Å². The van der Waals surface area contributed by atoms with E-state index >= 15 is 0 Å². The molecule has 6 atom stereocenters. The van der Waals surface area contributed by atoms with Crippen LogP contribution in [0, 0.1) is 11.8 Å². The summed E-state index contributed by atoms with van der Waals surface area (Å²) < 4.78 is 8.75. The van der Waals surface area contributed by atoms with Crippen molar-refractivity contribution in [2.24, 2.45) is 11.8 Å². The van der Waals surface area contributed by atoms with Gasteiger partial charge in [0, 0.05) is 42.0 Å². The van der Waals surface area contributed by atoms with Gasteiger partial charge < -0.3 is 30.2 Å². The Morgan fingerprint density at radius 1 is 1.10 bits per heavy atom. The van der Waals surface area contributed by atoms with Crippen molar-refractivity contribution < 1.29 is 24.2 Å². The number of nitrogens with one attached hydrogen (secondary N) is 2. The van der Waals surface area contributed by atoms with Gasteiger partial charge in [0.2, 0.25) is 5.91 Å². The van der Waals surface area contributed by atoms with Crippen molar-refractivity contribution in [2.75, 3.05) is 29.9 Å². The molecule has 4 aromatic rings. The van der Waals surface area contributed by atoms with Gasteiger partial charge in [0.25, 0.3) is 5.91 Å². The van der Waals surface area contributed by atoms with Crippen LogP contribution < -0.4 is 15.5 Å². The third-order valence-corrected chi connectivity index (χ3v) is 13.6. The molecule has 1 spiro atoms. The summed E-state index contributed by atoms with van der Waals surface area (Å²) in [6.07, 6.45) is 3.89. The summed E-state index contributed by atoms with van der Waals surface area (Å²) >= 11 is 0. The van der Waals surface area contributed by atoms with Crippen molar-refractivity contribution in [3.05, 3.63) is 107 Å². The summed E-state index contributed by atoms with van der Waals surface area (Å²) in [5, 5.41) is 25.2. The number of hydrogen-bond donors (Lipinski definition) is 4. The molecule has 12 heteroatoms. The molecule has 0 saturated carbocycles. The number of aliphatic hydroxyl groups is 1. The molecule has 2 amide bonds. The van der Waals surface area contributed by atoms with Crippen LogP contribution in [-0.4, -0.2) is 70.8 Å². The van der Waals surface area contributed by atoms with Gasteiger partial charge in [-0.15, -0.1) is 5.10 Å². The fourth-order valence-corrected chi connectivity index (χ4v) is 11.2. The maximum atomic E-state index is 14.7. The second-order valence-electron chi connectivity index (χ2n) is 14.8.